The Kier molecular flexibility index (Phi) is 4.97. The highest BCUT2D eigenvalue weighted by Crippen LogP contribution is 2.43. The van der Waals surface area contributed by atoms with Gasteiger partial charge in [-0.3, -0.25) is 10.1 Å². The van der Waals surface area contributed by atoms with Crippen LogP contribution in [0.15, 0.2) is 47.2 Å². The second kappa shape index (κ2) is 8.19. The van der Waals surface area contributed by atoms with E-state index in [1.807, 2.05) is 19.1 Å². The van der Waals surface area contributed by atoms with Crippen molar-refractivity contribution >= 4 is 28.9 Å². The number of ether oxygens (including phenoxy) is 1. The molecule has 178 valence electrons. The van der Waals surface area contributed by atoms with E-state index in [9.17, 15) is 14.0 Å². The Morgan fingerprint density at radius 3 is 2.80 bits per heavy atom. The number of anilines is 2. The molecular formula is C24H21FN6O4. The maximum atomic E-state index is 13.3. The molecule has 2 saturated carbocycles. The van der Waals surface area contributed by atoms with Gasteiger partial charge < -0.3 is 14.6 Å². The van der Waals surface area contributed by atoms with Crippen molar-refractivity contribution in [2.24, 2.45) is 0 Å². The van der Waals surface area contributed by atoms with Crippen LogP contribution < -0.4 is 10.6 Å². The number of nitrogens with one attached hydrogen (secondary N) is 2. The highest BCUT2D eigenvalue weighted by molar-refractivity contribution is 6.09. The zero-order valence-corrected chi connectivity index (χ0v) is 18.7. The van der Waals surface area contributed by atoms with Crippen LogP contribution in [0.2, 0.25) is 0 Å². The monoisotopic (exact) mass is 476 g/mol. The number of fused-ring (bicyclic) bond motifs is 1. The summed E-state index contributed by atoms with van der Waals surface area (Å²) in [7, 11) is 0. The number of carbonyl (C=O) groups is 2. The molecule has 4 aromatic rings. The van der Waals surface area contributed by atoms with Crippen LogP contribution in [0.3, 0.4) is 0 Å². The minimum atomic E-state index is -0.929. The van der Waals surface area contributed by atoms with E-state index in [-0.39, 0.29) is 23.8 Å². The van der Waals surface area contributed by atoms with Crippen LogP contribution in [0.5, 0.6) is 0 Å². The predicted octanol–water partition coefficient (Wildman–Crippen LogP) is 4.48. The molecule has 10 nitrogen and oxygen atoms in total. The van der Waals surface area contributed by atoms with Crippen molar-refractivity contribution in [1.29, 1.82) is 0 Å². The first-order chi connectivity index (χ1) is 16.9. The Bertz CT molecular complexity index is 1460. The molecule has 35 heavy (non-hydrogen) atoms. The topological polar surface area (TPSA) is 124 Å². The van der Waals surface area contributed by atoms with Crippen molar-refractivity contribution < 1.29 is 23.2 Å². The van der Waals surface area contributed by atoms with Crippen molar-refractivity contribution in [3.63, 3.8) is 0 Å². The number of amides is 2. The summed E-state index contributed by atoms with van der Waals surface area (Å²) >= 11 is 0. The van der Waals surface area contributed by atoms with Gasteiger partial charge in [0.1, 0.15) is 12.3 Å². The first kappa shape index (κ1) is 21.3. The van der Waals surface area contributed by atoms with Crippen molar-refractivity contribution in [1.82, 2.24) is 19.8 Å². The van der Waals surface area contributed by atoms with Crippen LogP contribution in [-0.2, 0) is 4.74 Å². The fourth-order valence-corrected chi connectivity index (χ4v) is 3.73. The minimum absolute atomic E-state index is 0.0117. The van der Waals surface area contributed by atoms with Crippen LogP contribution in [-0.4, -0.2) is 44.0 Å². The maximum Gasteiger partial charge on any atom is 0.411 e. The second-order valence-corrected chi connectivity index (χ2v) is 8.83. The molecule has 2 aliphatic carbocycles. The number of hydrogen-bond donors (Lipinski definition) is 2. The zero-order chi connectivity index (χ0) is 24.1. The van der Waals surface area contributed by atoms with Gasteiger partial charge in [-0.25, -0.2) is 13.7 Å². The molecule has 6 rings (SSSR count). The number of halogens is 1. The summed E-state index contributed by atoms with van der Waals surface area (Å²) in [5, 5.41) is 13.8. The summed E-state index contributed by atoms with van der Waals surface area (Å²) in [5.41, 5.74) is 3.38. The van der Waals surface area contributed by atoms with Crippen molar-refractivity contribution in [2.75, 3.05) is 10.6 Å². The second-order valence-electron chi connectivity index (χ2n) is 8.83. The van der Waals surface area contributed by atoms with Gasteiger partial charge in [0.05, 0.1) is 23.2 Å². The maximum absolute atomic E-state index is 13.3. The van der Waals surface area contributed by atoms with Crippen molar-refractivity contribution in [3.05, 3.63) is 59.7 Å². The summed E-state index contributed by atoms with van der Waals surface area (Å²) < 4.78 is 25.3. The van der Waals surface area contributed by atoms with Crippen LogP contribution in [0, 0.1) is 6.92 Å². The highest BCUT2D eigenvalue weighted by atomic mass is 19.1. The first-order valence-corrected chi connectivity index (χ1v) is 11.3. The molecule has 2 fully saturated rings. The van der Waals surface area contributed by atoms with Gasteiger partial charge >= 0.3 is 6.09 Å². The lowest BCUT2D eigenvalue weighted by molar-refractivity contribution is 0.102. The van der Waals surface area contributed by atoms with Crippen LogP contribution >= 0.6 is 0 Å². The summed E-state index contributed by atoms with van der Waals surface area (Å²) in [6, 6.07) is 8.73. The van der Waals surface area contributed by atoms with Crippen LogP contribution in [0.4, 0.5) is 20.6 Å². The van der Waals surface area contributed by atoms with Crippen LogP contribution in [0.1, 0.15) is 47.0 Å². The third-order valence-electron chi connectivity index (χ3n) is 6.03. The van der Waals surface area contributed by atoms with Gasteiger partial charge in [0.2, 0.25) is 11.7 Å². The Balaban J connectivity index is 1.22. The number of benzene rings is 1. The van der Waals surface area contributed by atoms with E-state index in [4.69, 9.17) is 9.26 Å². The van der Waals surface area contributed by atoms with E-state index < -0.39 is 12.3 Å². The number of rotatable bonds is 6. The fraction of sp³-hybridized carbons (Fsp3) is 0.292. The summed E-state index contributed by atoms with van der Waals surface area (Å²) in [6.07, 6.45) is 3.81. The normalized spacial score (nSPS) is 18.9. The van der Waals surface area contributed by atoms with Gasteiger partial charge in [-0.1, -0.05) is 17.3 Å². The number of carbonyl (C=O) groups excluding carboxylic acids is 2. The lowest BCUT2D eigenvalue weighted by Crippen LogP contribution is -2.15. The van der Waals surface area contributed by atoms with Gasteiger partial charge in [0.25, 0.3) is 5.91 Å². The van der Waals surface area contributed by atoms with E-state index >= 15 is 0 Å². The third kappa shape index (κ3) is 4.32. The van der Waals surface area contributed by atoms with Gasteiger partial charge in [0.15, 0.2) is 0 Å². The molecule has 0 spiro atoms. The number of pyridine rings is 1. The molecule has 11 heteroatoms. The Morgan fingerprint density at radius 2 is 2.03 bits per heavy atom. The Morgan fingerprint density at radius 1 is 1.20 bits per heavy atom. The molecule has 2 amide bonds. The van der Waals surface area contributed by atoms with E-state index in [1.165, 1.54) is 6.20 Å². The molecule has 3 heterocycles. The standard InChI is InChI=1S/C24H21FN6O4/c1-12-2-3-13(21-29-23(35-30-21)16-10-18(16)25)8-19(12)28-22(32)17-11-26-31-7-6-14(9-20(17)31)27-24(33)34-15-4-5-15/h2-3,6-9,11,15-16,18H,4-5,10H2,1H3,(H,27,33)(H,28,32)/t16?,18-/m0/s1. The van der Waals surface area contributed by atoms with Gasteiger partial charge in [-0.15, -0.1) is 0 Å². The van der Waals surface area contributed by atoms with E-state index in [1.54, 1.807) is 28.9 Å². The van der Waals surface area contributed by atoms with E-state index in [0.29, 0.717) is 40.3 Å². The molecule has 0 saturated heterocycles. The van der Waals surface area contributed by atoms with E-state index in [0.717, 1.165) is 18.4 Å². The number of alkyl halides is 1. The lowest BCUT2D eigenvalue weighted by atomic mass is 10.1. The molecule has 2 aliphatic rings. The number of nitrogens with zero attached hydrogens (tertiary/aromatic N) is 4. The first-order valence-electron chi connectivity index (χ1n) is 11.3. The smallest absolute Gasteiger partial charge is 0.411 e. The lowest BCUT2D eigenvalue weighted by Gasteiger charge is -2.10. The Labute approximate surface area is 198 Å². The highest BCUT2D eigenvalue weighted by Gasteiger charge is 2.43. The molecule has 0 aliphatic heterocycles. The number of aryl methyl sites for hydroxylation is 1. The predicted molar refractivity (Wildman–Crippen MR) is 123 cm³/mol. The Hall–Kier alpha value is -4.28. The molecule has 1 aromatic carbocycles. The van der Waals surface area contributed by atoms with Gasteiger partial charge in [-0.05, 0) is 49.9 Å². The van der Waals surface area contributed by atoms with Crippen LogP contribution in [0.25, 0.3) is 16.9 Å². The molecule has 0 radical (unpaired) electrons. The molecule has 3 aromatic heterocycles. The third-order valence-corrected chi connectivity index (χ3v) is 6.03. The summed E-state index contributed by atoms with van der Waals surface area (Å²) in [6.45, 7) is 1.86. The molecule has 0 bridgehead atoms. The van der Waals surface area contributed by atoms with Crippen molar-refractivity contribution in [3.8, 4) is 11.4 Å². The largest absolute Gasteiger partial charge is 0.446 e. The number of aromatic nitrogens is 4. The zero-order valence-electron chi connectivity index (χ0n) is 18.7. The molecule has 2 atom stereocenters. The van der Waals surface area contributed by atoms with E-state index in [2.05, 4.69) is 25.9 Å². The average molecular weight is 476 g/mol. The van der Waals surface area contributed by atoms with Gasteiger partial charge in [-0.2, -0.15) is 10.1 Å². The quantitative estimate of drug-likeness (QED) is 0.420. The fourth-order valence-electron chi connectivity index (χ4n) is 3.73. The average Bonchev–Trinajstić information content (AvgIpc) is 3.68. The minimum Gasteiger partial charge on any atom is -0.446 e. The number of hydrogen-bond acceptors (Lipinski definition) is 7. The molecular weight excluding hydrogens is 455 g/mol. The summed E-state index contributed by atoms with van der Waals surface area (Å²) in [5.74, 6) is -0.0775. The molecule has 1 unspecified atom stereocenters. The van der Waals surface area contributed by atoms with Crippen molar-refractivity contribution in [2.45, 2.75) is 44.4 Å². The SMILES string of the molecule is Cc1ccc(-c2noc(C3C[C@@H]3F)n2)cc1NC(=O)c1cnn2ccc(NC(=O)OC3CC3)cc12. The van der Waals surface area contributed by atoms with Gasteiger partial charge in [0, 0.05) is 23.1 Å². The molecule has 2 N–H and O–H groups in total. The summed E-state index contributed by atoms with van der Waals surface area (Å²) in [4.78, 5) is 29.4.